The molecule has 2 aromatic rings. The summed E-state index contributed by atoms with van der Waals surface area (Å²) >= 11 is 5.07. The van der Waals surface area contributed by atoms with Gasteiger partial charge in [0.2, 0.25) is 0 Å². The lowest BCUT2D eigenvalue weighted by molar-refractivity contribution is 0.0485. The summed E-state index contributed by atoms with van der Waals surface area (Å²) < 4.78 is 38.5. The van der Waals surface area contributed by atoms with Crippen molar-refractivity contribution in [1.29, 1.82) is 0 Å². The molecule has 2 heterocycles. The number of rotatable bonds is 3. The molecule has 1 fully saturated rings. The molecular weight excluding hydrogens is 448 g/mol. The standard InChI is InChI=1S/C18H15F2NO3.C3H5Cl.C3H6.C2H6/c19-12-5-3-11(4-6-12)18-23-15-9-13(14(20)10-16(15)24-18)17(22)21-7-1-2-8-21;1-2-3-4;1-3-2;1-2/h3-6,9-10,18H,1-2,7-8H2;2H,1,3H2;3H,1H2,2H3;1-2H3. The Hall–Kier alpha value is -2.86. The number of hydrogen-bond acceptors (Lipinski definition) is 3. The van der Waals surface area contributed by atoms with Gasteiger partial charge in [0, 0.05) is 30.6 Å². The topological polar surface area (TPSA) is 38.8 Å². The number of benzene rings is 2. The van der Waals surface area contributed by atoms with Gasteiger partial charge in [0.05, 0.1) is 5.56 Å². The summed E-state index contributed by atoms with van der Waals surface area (Å²) in [5.74, 6) is -0.220. The van der Waals surface area contributed by atoms with Crippen LogP contribution < -0.4 is 9.47 Å². The molecule has 0 aliphatic carbocycles. The summed E-state index contributed by atoms with van der Waals surface area (Å²) in [5, 5.41) is 0. The van der Waals surface area contributed by atoms with Crippen molar-refractivity contribution in [2.24, 2.45) is 0 Å². The third kappa shape index (κ3) is 8.21. The molecule has 4 nitrogen and oxygen atoms in total. The van der Waals surface area contributed by atoms with Gasteiger partial charge in [0.25, 0.3) is 12.2 Å². The van der Waals surface area contributed by atoms with Crippen molar-refractivity contribution >= 4 is 17.5 Å². The first-order valence-corrected chi connectivity index (χ1v) is 11.4. The highest BCUT2D eigenvalue weighted by Crippen LogP contribution is 2.42. The van der Waals surface area contributed by atoms with Crippen LogP contribution in [-0.4, -0.2) is 29.8 Å². The molecule has 1 atom stereocenters. The van der Waals surface area contributed by atoms with Gasteiger partial charge < -0.3 is 14.4 Å². The molecule has 33 heavy (non-hydrogen) atoms. The Bertz CT molecular complexity index is 897. The maximum atomic E-state index is 14.3. The number of ether oxygens (including phenoxy) is 2. The molecule has 1 saturated heterocycles. The minimum absolute atomic E-state index is 0.0148. The number of halogens is 3. The Labute approximate surface area is 200 Å². The molecule has 2 aliphatic heterocycles. The number of hydrogen-bond donors (Lipinski definition) is 0. The van der Waals surface area contributed by atoms with E-state index in [1.165, 1.54) is 24.3 Å². The van der Waals surface area contributed by atoms with Gasteiger partial charge in [-0.15, -0.1) is 24.8 Å². The Balaban J connectivity index is 0.000000528. The lowest BCUT2D eigenvalue weighted by atomic mass is 10.1. The summed E-state index contributed by atoms with van der Waals surface area (Å²) in [5.41, 5.74) is 0.597. The number of fused-ring (bicyclic) bond motifs is 1. The van der Waals surface area contributed by atoms with Crippen LogP contribution in [0, 0.1) is 11.6 Å². The van der Waals surface area contributed by atoms with E-state index in [4.69, 9.17) is 21.1 Å². The molecule has 0 radical (unpaired) electrons. The van der Waals surface area contributed by atoms with Gasteiger partial charge in [-0.3, -0.25) is 4.79 Å². The monoisotopic (exact) mass is 479 g/mol. The molecule has 7 heteroatoms. The minimum Gasteiger partial charge on any atom is -0.447 e. The predicted octanol–water partition coefficient (Wildman–Crippen LogP) is 7.30. The fraction of sp³-hybridized carbons (Fsp3) is 0.346. The van der Waals surface area contributed by atoms with Crippen LogP contribution in [0.15, 0.2) is 61.7 Å². The number of amides is 1. The summed E-state index contributed by atoms with van der Waals surface area (Å²) in [4.78, 5) is 14.0. The van der Waals surface area contributed by atoms with E-state index in [0.717, 1.165) is 12.8 Å². The van der Waals surface area contributed by atoms with E-state index in [1.54, 1.807) is 29.2 Å². The Morgan fingerprint density at radius 1 is 1.09 bits per heavy atom. The zero-order chi connectivity index (χ0) is 24.8. The van der Waals surface area contributed by atoms with Crippen LogP contribution in [0.4, 0.5) is 8.78 Å². The number of nitrogens with zero attached hydrogens (tertiary/aromatic N) is 1. The maximum absolute atomic E-state index is 14.3. The van der Waals surface area contributed by atoms with Gasteiger partial charge >= 0.3 is 0 Å². The largest absolute Gasteiger partial charge is 0.447 e. The summed E-state index contributed by atoms with van der Waals surface area (Å²) in [7, 11) is 0. The highest BCUT2D eigenvalue weighted by Gasteiger charge is 2.30. The van der Waals surface area contributed by atoms with Crippen molar-refractivity contribution in [1.82, 2.24) is 4.90 Å². The fourth-order valence-corrected chi connectivity index (χ4v) is 2.98. The van der Waals surface area contributed by atoms with Gasteiger partial charge in [-0.05, 0) is 50.1 Å². The van der Waals surface area contributed by atoms with E-state index in [-0.39, 0.29) is 23.0 Å². The Kier molecular flexibility index (Phi) is 12.9. The number of carbonyl (C=O) groups is 1. The summed E-state index contributed by atoms with van der Waals surface area (Å²) in [6, 6.07) is 8.23. The van der Waals surface area contributed by atoms with Gasteiger partial charge in [0.1, 0.15) is 11.6 Å². The van der Waals surface area contributed by atoms with Crippen molar-refractivity contribution < 1.29 is 23.0 Å². The molecule has 0 saturated carbocycles. The van der Waals surface area contributed by atoms with Crippen LogP contribution in [0.2, 0.25) is 0 Å². The molecule has 0 spiro atoms. The molecule has 1 amide bonds. The van der Waals surface area contributed by atoms with E-state index >= 15 is 0 Å². The molecule has 0 bridgehead atoms. The molecule has 2 aromatic carbocycles. The van der Waals surface area contributed by atoms with Crippen molar-refractivity contribution in [3.63, 3.8) is 0 Å². The molecule has 0 aromatic heterocycles. The van der Waals surface area contributed by atoms with E-state index in [1.807, 2.05) is 20.8 Å². The Morgan fingerprint density at radius 3 is 2.06 bits per heavy atom. The molecule has 1 unspecified atom stereocenters. The van der Waals surface area contributed by atoms with Gasteiger partial charge in [0.15, 0.2) is 11.5 Å². The quantitative estimate of drug-likeness (QED) is 0.342. The second-order valence-corrected chi connectivity index (χ2v) is 7.06. The lowest BCUT2D eigenvalue weighted by Gasteiger charge is -2.15. The summed E-state index contributed by atoms with van der Waals surface area (Å²) in [6.45, 7) is 13.9. The van der Waals surface area contributed by atoms with E-state index in [0.29, 0.717) is 30.3 Å². The van der Waals surface area contributed by atoms with Crippen molar-refractivity contribution in [2.75, 3.05) is 19.0 Å². The Morgan fingerprint density at radius 2 is 1.58 bits per heavy atom. The summed E-state index contributed by atoms with van der Waals surface area (Å²) in [6.07, 6.45) is 4.48. The number of carbonyl (C=O) groups excluding carboxylic acids is 1. The van der Waals surface area contributed by atoms with Crippen LogP contribution in [-0.2, 0) is 0 Å². The van der Waals surface area contributed by atoms with Crippen LogP contribution in [0.5, 0.6) is 11.5 Å². The first kappa shape index (κ1) is 28.2. The third-order valence-corrected chi connectivity index (χ3v) is 4.59. The van der Waals surface area contributed by atoms with Crippen LogP contribution in [0.1, 0.15) is 55.8 Å². The SMILES string of the molecule is C=CC.C=CCCl.CC.O=C(c1cc2c(cc1F)OC(c1ccc(F)cc1)O2)N1CCCC1. The molecular formula is C26H32ClF2NO3. The van der Waals surface area contributed by atoms with Gasteiger partial charge in [-0.2, -0.15) is 0 Å². The van der Waals surface area contributed by atoms with Crippen LogP contribution >= 0.6 is 11.6 Å². The molecule has 180 valence electrons. The van der Waals surface area contributed by atoms with Crippen molar-refractivity contribution in [3.05, 3.63) is 84.5 Å². The normalized spacial score (nSPS) is 15.1. The molecule has 0 N–H and O–H groups in total. The van der Waals surface area contributed by atoms with Gasteiger partial charge in [-0.25, -0.2) is 8.78 Å². The zero-order valence-electron chi connectivity index (χ0n) is 19.5. The predicted molar refractivity (Wildman–Crippen MR) is 130 cm³/mol. The smallest absolute Gasteiger partial charge is 0.267 e. The van der Waals surface area contributed by atoms with E-state index in [9.17, 15) is 13.6 Å². The van der Waals surface area contributed by atoms with Gasteiger partial charge in [-0.1, -0.05) is 26.0 Å². The number of likely N-dealkylation sites (tertiary alicyclic amines) is 1. The van der Waals surface area contributed by atoms with E-state index < -0.39 is 12.1 Å². The van der Waals surface area contributed by atoms with Crippen LogP contribution in [0.25, 0.3) is 0 Å². The highest BCUT2D eigenvalue weighted by molar-refractivity contribution is 6.18. The average molecular weight is 480 g/mol. The number of allylic oxidation sites excluding steroid dienone is 2. The number of alkyl halides is 1. The fourth-order valence-electron chi connectivity index (χ4n) is 2.98. The van der Waals surface area contributed by atoms with Crippen molar-refractivity contribution in [2.45, 2.75) is 39.9 Å². The third-order valence-electron chi connectivity index (χ3n) is 4.38. The zero-order valence-corrected chi connectivity index (χ0v) is 20.2. The maximum Gasteiger partial charge on any atom is 0.267 e. The van der Waals surface area contributed by atoms with Crippen LogP contribution in [0.3, 0.4) is 0 Å². The molecule has 2 aliphatic rings. The highest BCUT2D eigenvalue weighted by atomic mass is 35.5. The second-order valence-electron chi connectivity index (χ2n) is 6.75. The second kappa shape index (κ2) is 15.1. The average Bonchev–Trinajstić information content (AvgIpc) is 3.51. The molecule has 4 rings (SSSR count). The van der Waals surface area contributed by atoms with E-state index in [2.05, 4.69) is 13.2 Å². The lowest BCUT2D eigenvalue weighted by Crippen LogP contribution is -2.28. The minimum atomic E-state index is -0.780. The first-order chi connectivity index (χ1) is 15.9. The first-order valence-electron chi connectivity index (χ1n) is 10.9. The van der Waals surface area contributed by atoms with Crippen molar-refractivity contribution in [3.8, 4) is 11.5 Å².